The Bertz CT molecular complexity index is 445. The van der Waals surface area contributed by atoms with Crippen molar-refractivity contribution in [1.29, 1.82) is 0 Å². The monoisotopic (exact) mass is 253 g/mol. The molecule has 1 aromatic rings. The van der Waals surface area contributed by atoms with Crippen LogP contribution in [0, 0.1) is 15.9 Å². The van der Waals surface area contributed by atoms with Crippen LogP contribution in [0.2, 0.25) is 0 Å². The molecule has 5 nitrogen and oxygen atoms in total. The van der Waals surface area contributed by atoms with Crippen molar-refractivity contribution in [2.75, 3.05) is 33.2 Å². The summed E-state index contributed by atoms with van der Waals surface area (Å²) in [5.74, 6) is -0.758. The van der Waals surface area contributed by atoms with Gasteiger partial charge < -0.3 is 4.90 Å². The molecule has 0 radical (unpaired) electrons. The van der Waals surface area contributed by atoms with E-state index in [0.29, 0.717) is 6.54 Å². The van der Waals surface area contributed by atoms with Crippen molar-refractivity contribution in [3.05, 3.63) is 39.7 Å². The summed E-state index contributed by atoms with van der Waals surface area (Å²) in [6, 6.07) is 4.12. The maximum Gasteiger partial charge on any atom is 0.304 e. The second-order valence-electron chi connectivity index (χ2n) is 4.62. The summed E-state index contributed by atoms with van der Waals surface area (Å²) in [5, 5.41) is 10.5. The van der Waals surface area contributed by atoms with Gasteiger partial charge in [0.25, 0.3) is 0 Å². The molecule has 1 aliphatic heterocycles. The quantitative estimate of drug-likeness (QED) is 0.605. The number of nitro benzene ring substituents is 1. The maximum atomic E-state index is 13.4. The molecule has 6 heteroatoms. The molecule has 0 spiro atoms. The van der Waals surface area contributed by atoms with Gasteiger partial charge in [0.05, 0.1) is 4.92 Å². The molecule has 1 heterocycles. The van der Waals surface area contributed by atoms with E-state index in [1.54, 1.807) is 6.07 Å². The van der Waals surface area contributed by atoms with Gasteiger partial charge in [0.2, 0.25) is 5.82 Å². The predicted molar refractivity (Wildman–Crippen MR) is 65.8 cm³/mol. The van der Waals surface area contributed by atoms with Gasteiger partial charge >= 0.3 is 5.69 Å². The molecule has 0 atom stereocenters. The van der Waals surface area contributed by atoms with Gasteiger partial charge in [-0.2, -0.15) is 4.39 Å². The van der Waals surface area contributed by atoms with Crippen LogP contribution in [0.5, 0.6) is 0 Å². The zero-order valence-electron chi connectivity index (χ0n) is 10.3. The third-order valence-electron chi connectivity index (χ3n) is 3.21. The Morgan fingerprint density at radius 2 is 2.00 bits per heavy atom. The molecule has 1 fully saturated rings. The summed E-state index contributed by atoms with van der Waals surface area (Å²) in [4.78, 5) is 14.3. The standard InChI is InChI=1S/C12H16FN3O2/c1-14-4-6-15(7-5-14)9-10-2-3-12(16(17)18)11(13)8-10/h2-3,8H,4-7,9H2,1H3. The lowest BCUT2D eigenvalue weighted by molar-refractivity contribution is -0.387. The van der Waals surface area contributed by atoms with Gasteiger partial charge in [-0.1, -0.05) is 6.07 Å². The number of halogens is 1. The highest BCUT2D eigenvalue weighted by Gasteiger charge is 2.17. The summed E-state index contributed by atoms with van der Waals surface area (Å²) < 4.78 is 13.4. The van der Waals surface area contributed by atoms with Crippen molar-refractivity contribution in [1.82, 2.24) is 9.80 Å². The van der Waals surface area contributed by atoms with Crippen LogP contribution in [0.15, 0.2) is 18.2 Å². The Morgan fingerprint density at radius 3 is 2.56 bits per heavy atom. The summed E-state index contributed by atoms with van der Waals surface area (Å²) in [7, 11) is 2.07. The number of nitrogens with zero attached hydrogens (tertiary/aromatic N) is 3. The molecule has 18 heavy (non-hydrogen) atoms. The second-order valence-corrected chi connectivity index (χ2v) is 4.62. The lowest BCUT2D eigenvalue weighted by Gasteiger charge is -2.32. The first-order chi connectivity index (χ1) is 8.56. The Hall–Kier alpha value is -1.53. The highest BCUT2D eigenvalue weighted by molar-refractivity contribution is 5.34. The van der Waals surface area contributed by atoms with Gasteiger partial charge in [0.1, 0.15) is 0 Å². The minimum absolute atomic E-state index is 0.461. The molecule has 0 saturated carbocycles. The molecule has 2 rings (SSSR count). The van der Waals surface area contributed by atoms with E-state index < -0.39 is 16.4 Å². The average Bonchev–Trinajstić information content (AvgIpc) is 2.32. The third-order valence-corrected chi connectivity index (χ3v) is 3.21. The van der Waals surface area contributed by atoms with Crippen LogP contribution in [0.25, 0.3) is 0 Å². The van der Waals surface area contributed by atoms with Gasteiger partial charge in [-0.25, -0.2) is 0 Å². The van der Waals surface area contributed by atoms with Crippen LogP contribution < -0.4 is 0 Å². The predicted octanol–water partition coefficient (Wildman–Crippen LogP) is 1.48. The molecule has 0 amide bonds. The Kier molecular flexibility index (Phi) is 3.88. The highest BCUT2D eigenvalue weighted by atomic mass is 19.1. The van der Waals surface area contributed by atoms with Gasteiger partial charge in [-0.3, -0.25) is 15.0 Å². The number of likely N-dealkylation sites (N-methyl/N-ethyl adjacent to an activating group) is 1. The van der Waals surface area contributed by atoms with Crippen LogP contribution in [0.3, 0.4) is 0 Å². The molecule has 1 aromatic carbocycles. The van der Waals surface area contributed by atoms with E-state index in [-0.39, 0.29) is 0 Å². The molecule has 0 unspecified atom stereocenters. The number of hydrogen-bond acceptors (Lipinski definition) is 4. The van der Waals surface area contributed by atoms with Crippen LogP contribution in [-0.2, 0) is 6.54 Å². The number of benzene rings is 1. The van der Waals surface area contributed by atoms with Crippen molar-refractivity contribution in [3.63, 3.8) is 0 Å². The Balaban J connectivity index is 2.02. The normalized spacial score (nSPS) is 17.9. The highest BCUT2D eigenvalue weighted by Crippen LogP contribution is 2.19. The zero-order valence-corrected chi connectivity index (χ0v) is 10.3. The molecule has 0 bridgehead atoms. The first-order valence-electron chi connectivity index (χ1n) is 5.90. The molecule has 98 valence electrons. The van der Waals surface area contributed by atoms with Crippen LogP contribution in [0.1, 0.15) is 5.56 Å². The molecule has 0 aliphatic carbocycles. The Labute approximate surface area is 105 Å². The molecule has 0 aromatic heterocycles. The minimum atomic E-state index is -0.758. The van der Waals surface area contributed by atoms with E-state index in [1.807, 2.05) is 0 Å². The molecule has 0 N–H and O–H groups in total. The minimum Gasteiger partial charge on any atom is -0.304 e. The zero-order chi connectivity index (χ0) is 13.1. The average molecular weight is 253 g/mol. The van der Waals surface area contributed by atoms with Crippen molar-refractivity contribution < 1.29 is 9.31 Å². The third kappa shape index (κ3) is 3.02. The van der Waals surface area contributed by atoms with E-state index in [2.05, 4.69) is 16.8 Å². The second kappa shape index (κ2) is 5.41. The smallest absolute Gasteiger partial charge is 0.304 e. The van der Waals surface area contributed by atoms with E-state index in [4.69, 9.17) is 0 Å². The summed E-state index contributed by atoms with van der Waals surface area (Å²) >= 11 is 0. The fourth-order valence-electron chi connectivity index (χ4n) is 2.06. The van der Waals surface area contributed by atoms with Gasteiger partial charge in [-0.05, 0) is 18.7 Å². The van der Waals surface area contributed by atoms with E-state index >= 15 is 0 Å². The largest absolute Gasteiger partial charge is 0.304 e. The fourth-order valence-corrected chi connectivity index (χ4v) is 2.06. The first-order valence-corrected chi connectivity index (χ1v) is 5.90. The van der Waals surface area contributed by atoms with Gasteiger partial charge in [0.15, 0.2) is 0 Å². The van der Waals surface area contributed by atoms with E-state index in [9.17, 15) is 14.5 Å². The summed E-state index contributed by atoms with van der Waals surface area (Å²) in [6.45, 7) is 4.51. The molecule has 1 saturated heterocycles. The van der Waals surface area contributed by atoms with Crippen molar-refractivity contribution in [2.45, 2.75) is 6.54 Å². The lowest BCUT2D eigenvalue weighted by Crippen LogP contribution is -2.43. The SMILES string of the molecule is CN1CCN(Cc2ccc([N+](=O)[O-])c(F)c2)CC1. The first kappa shape index (κ1) is 12.9. The number of nitro groups is 1. The van der Waals surface area contributed by atoms with Crippen LogP contribution in [-0.4, -0.2) is 47.9 Å². The van der Waals surface area contributed by atoms with Gasteiger partial charge in [-0.15, -0.1) is 0 Å². The van der Waals surface area contributed by atoms with Crippen molar-refractivity contribution >= 4 is 5.69 Å². The maximum absolute atomic E-state index is 13.4. The lowest BCUT2D eigenvalue weighted by atomic mass is 10.1. The van der Waals surface area contributed by atoms with E-state index in [1.165, 1.54) is 12.1 Å². The molecular weight excluding hydrogens is 237 g/mol. The summed E-state index contributed by atoms with van der Waals surface area (Å²) in [5.41, 5.74) is 0.319. The number of rotatable bonds is 3. The van der Waals surface area contributed by atoms with Crippen molar-refractivity contribution in [2.24, 2.45) is 0 Å². The number of piperazine rings is 1. The topological polar surface area (TPSA) is 49.6 Å². The van der Waals surface area contributed by atoms with Crippen LogP contribution >= 0.6 is 0 Å². The summed E-state index contributed by atoms with van der Waals surface area (Å²) in [6.07, 6.45) is 0. The molecular formula is C12H16FN3O2. The molecule has 1 aliphatic rings. The fraction of sp³-hybridized carbons (Fsp3) is 0.500. The van der Waals surface area contributed by atoms with Crippen LogP contribution in [0.4, 0.5) is 10.1 Å². The Morgan fingerprint density at radius 1 is 1.33 bits per heavy atom. The van der Waals surface area contributed by atoms with Gasteiger partial charge in [0, 0.05) is 38.8 Å². The number of hydrogen-bond donors (Lipinski definition) is 0. The van der Waals surface area contributed by atoms with Crippen molar-refractivity contribution in [3.8, 4) is 0 Å². The van der Waals surface area contributed by atoms with E-state index in [0.717, 1.165) is 31.7 Å².